The summed E-state index contributed by atoms with van der Waals surface area (Å²) in [6, 6.07) is 6.21. The summed E-state index contributed by atoms with van der Waals surface area (Å²) in [4.78, 5) is 1.97. The number of aryl methyl sites for hydroxylation is 1. The Morgan fingerprint density at radius 1 is 1.33 bits per heavy atom. The van der Waals surface area contributed by atoms with Crippen LogP contribution < -0.4 is 10.2 Å². The quantitative estimate of drug-likeness (QED) is 0.694. The Kier molecular flexibility index (Phi) is 7.14. The lowest BCUT2D eigenvalue weighted by molar-refractivity contribution is 0.199. The van der Waals surface area contributed by atoms with Crippen molar-refractivity contribution in [2.75, 3.05) is 50.8 Å². The average molecular weight is 314 g/mol. The normalized spacial score (nSPS) is 11.6. The van der Waals surface area contributed by atoms with E-state index >= 15 is 0 Å². The molecular formula is C15H26N2O3S. The molecule has 1 rings (SSSR count). The van der Waals surface area contributed by atoms with Gasteiger partial charge in [-0.1, -0.05) is 6.07 Å². The minimum absolute atomic E-state index is 0.170. The molecule has 0 atom stereocenters. The van der Waals surface area contributed by atoms with Crippen LogP contribution in [-0.2, 0) is 21.1 Å². The highest BCUT2D eigenvalue weighted by atomic mass is 32.2. The van der Waals surface area contributed by atoms with E-state index in [0.717, 1.165) is 18.8 Å². The maximum Gasteiger partial charge on any atom is 0.149 e. The number of benzene rings is 1. The van der Waals surface area contributed by atoms with Crippen LogP contribution in [-0.4, -0.2) is 54.3 Å². The fourth-order valence-corrected chi connectivity index (χ4v) is 2.55. The standard InChI is InChI=1S/C15H26N2O3S/c1-13-11-15(17(2)8-10-21(4,18)19)6-5-14(13)12-16-7-9-20-3/h5-6,11,16H,7-10,12H2,1-4H3. The zero-order chi connectivity index (χ0) is 15.9. The number of hydrogen-bond acceptors (Lipinski definition) is 5. The first-order chi connectivity index (χ1) is 9.83. The molecule has 0 saturated heterocycles. The molecule has 0 spiro atoms. The number of ether oxygens (including phenoxy) is 1. The van der Waals surface area contributed by atoms with Crippen LogP contribution >= 0.6 is 0 Å². The van der Waals surface area contributed by atoms with Crippen LogP contribution in [0.4, 0.5) is 5.69 Å². The smallest absolute Gasteiger partial charge is 0.149 e. The Morgan fingerprint density at radius 2 is 2.05 bits per heavy atom. The average Bonchev–Trinajstić information content (AvgIpc) is 2.41. The molecular weight excluding hydrogens is 288 g/mol. The Morgan fingerprint density at radius 3 is 2.62 bits per heavy atom. The molecule has 1 aromatic carbocycles. The van der Waals surface area contributed by atoms with E-state index in [1.165, 1.54) is 17.4 Å². The van der Waals surface area contributed by atoms with Crippen LogP contribution in [0, 0.1) is 6.92 Å². The minimum atomic E-state index is -2.93. The third kappa shape index (κ3) is 6.93. The lowest BCUT2D eigenvalue weighted by Gasteiger charge is -2.20. The Hall–Kier alpha value is -1.11. The fraction of sp³-hybridized carbons (Fsp3) is 0.600. The van der Waals surface area contributed by atoms with Gasteiger partial charge in [0.25, 0.3) is 0 Å². The van der Waals surface area contributed by atoms with Gasteiger partial charge < -0.3 is 15.0 Å². The molecule has 0 radical (unpaired) electrons. The molecule has 0 aliphatic heterocycles. The SMILES string of the molecule is COCCNCc1ccc(N(C)CCS(C)(=O)=O)cc1C. The molecule has 21 heavy (non-hydrogen) atoms. The monoisotopic (exact) mass is 314 g/mol. The van der Waals surface area contributed by atoms with E-state index in [1.54, 1.807) is 7.11 Å². The van der Waals surface area contributed by atoms with Gasteiger partial charge in [0.2, 0.25) is 0 Å². The molecule has 0 fully saturated rings. The van der Waals surface area contributed by atoms with E-state index in [0.29, 0.717) is 13.2 Å². The van der Waals surface area contributed by atoms with Crippen LogP contribution in [0.1, 0.15) is 11.1 Å². The third-order valence-corrected chi connectivity index (χ3v) is 4.29. The number of anilines is 1. The summed E-state index contributed by atoms with van der Waals surface area (Å²) in [6.45, 7) is 4.91. The predicted octanol–water partition coefficient (Wildman–Crippen LogP) is 1.21. The summed E-state index contributed by atoms with van der Waals surface area (Å²) >= 11 is 0. The van der Waals surface area contributed by atoms with Crippen LogP contribution in [0.25, 0.3) is 0 Å². The zero-order valence-corrected chi connectivity index (χ0v) is 14.2. The van der Waals surface area contributed by atoms with E-state index in [-0.39, 0.29) is 5.75 Å². The maximum absolute atomic E-state index is 11.2. The highest BCUT2D eigenvalue weighted by Gasteiger charge is 2.08. The van der Waals surface area contributed by atoms with Crippen molar-refractivity contribution in [1.82, 2.24) is 5.32 Å². The van der Waals surface area contributed by atoms with Gasteiger partial charge in [-0.3, -0.25) is 0 Å². The van der Waals surface area contributed by atoms with Crippen LogP contribution in [0.5, 0.6) is 0 Å². The first kappa shape index (κ1) is 17.9. The summed E-state index contributed by atoms with van der Waals surface area (Å²) < 4.78 is 27.4. The summed E-state index contributed by atoms with van der Waals surface area (Å²) in [5.41, 5.74) is 3.48. The molecule has 0 saturated carbocycles. The molecule has 0 aliphatic rings. The number of rotatable bonds is 9. The van der Waals surface area contributed by atoms with Crippen LogP contribution in [0.2, 0.25) is 0 Å². The molecule has 5 nitrogen and oxygen atoms in total. The maximum atomic E-state index is 11.2. The first-order valence-electron chi connectivity index (χ1n) is 7.01. The van der Waals surface area contributed by atoms with Gasteiger partial charge in [0.15, 0.2) is 0 Å². The van der Waals surface area contributed by atoms with Crippen molar-refractivity contribution in [2.24, 2.45) is 0 Å². The van der Waals surface area contributed by atoms with Gasteiger partial charge >= 0.3 is 0 Å². The number of nitrogens with one attached hydrogen (secondary N) is 1. The minimum Gasteiger partial charge on any atom is -0.383 e. The number of sulfone groups is 1. The van der Waals surface area contributed by atoms with E-state index in [9.17, 15) is 8.42 Å². The largest absolute Gasteiger partial charge is 0.383 e. The van der Waals surface area contributed by atoms with Gasteiger partial charge in [0.1, 0.15) is 9.84 Å². The van der Waals surface area contributed by atoms with E-state index < -0.39 is 9.84 Å². The second kappa shape index (κ2) is 8.36. The van der Waals surface area contributed by atoms with E-state index in [4.69, 9.17) is 4.74 Å². The number of nitrogens with zero attached hydrogens (tertiary/aromatic N) is 1. The molecule has 0 heterocycles. The van der Waals surface area contributed by atoms with Crippen molar-refractivity contribution < 1.29 is 13.2 Å². The summed E-state index contributed by atoms with van der Waals surface area (Å²) in [6.07, 6.45) is 1.26. The van der Waals surface area contributed by atoms with E-state index in [1.807, 2.05) is 18.0 Å². The third-order valence-electron chi connectivity index (χ3n) is 3.36. The summed E-state index contributed by atoms with van der Waals surface area (Å²) in [5, 5.41) is 3.32. The lowest BCUT2D eigenvalue weighted by atomic mass is 10.1. The molecule has 6 heteroatoms. The Balaban J connectivity index is 2.60. The van der Waals surface area contributed by atoms with Crippen molar-refractivity contribution in [1.29, 1.82) is 0 Å². The van der Waals surface area contributed by atoms with Crippen molar-refractivity contribution in [3.8, 4) is 0 Å². The topological polar surface area (TPSA) is 58.6 Å². The molecule has 1 aromatic rings. The van der Waals surface area contributed by atoms with Gasteiger partial charge in [-0.25, -0.2) is 8.42 Å². The van der Waals surface area contributed by atoms with Crippen molar-refractivity contribution >= 4 is 15.5 Å². The molecule has 0 unspecified atom stereocenters. The highest BCUT2D eigenvalue weighted by molar-refractivity contribution is 7.90. The number of methoxy groups -OCH3 is 1. The van der Waals surface area contributed by atoms with Crippen molar-refractivity contribution in [3.05, 3.63) is 29.3 Å². The van der Waals surface area contributed by atoms with Gasteiger partial charge in [0, 0.05) is 45.7 Å². The van der Waals surface area contributed by atoms with Crippen LogP contribution in [0.3, 0.4) is 0 Å². The fourth-order valence-electron chi connectivity index (χ4n) is 1.94. The first-order valence-corrected chi connectivity index (χ1v) is 9.07. The number of hydrogen-bond donors (Lipinski definition) is 1. The predicted molar refractivity (Wildman–Crippen MR) is 87.7 cm³/mol. The second-order valence-corrected chi connectivity index (χ2v) is 7.59. The Labute approximate surface area is 128 Å². The molecule has 0 aliphatic carbocycles. The Bertz CT molecular complexity index is 544. The molecule has 120 valence electrons. The molecule has 0 bridgehead atoms. The summed E-state index contributed by atoms with van der Waals surface area (Å²) in [7, 11) is 0.675. The van der Waals surface area contributed by atoms with Crippen molar-refractivity contribution in [2.45, 2.75) is 13.5 Å². The zero-order valence-electron chi connectivity index (χ0n) is 13.3. The molecule has 0 aromatic heterocycles. The highest BCUT2D eigenvalue weighted by Crippen LogP contribution is 2.18. The second-order valence-electron chi connectivity index (χ2n) is 5.33. The molecule has 0 amide bonds. The summed E-state index contributed by atoms with van der Waals surface area (Å²) in [5.74, 6) is 0.170. The van der Waals surface area contributed by atoms with Gasteiger partial charge in [-0.2, -0.15) is 0 Å². The van der Waals surface area contributed by atoms with Crippen molar-refractivity contribution in [3.63, 3.8) is 0 Å². The van der Waals surface area contributed by atoms with Gasteiger partial charge in [0.05, 0.1) is 12.4 Å². The van der Waals surface area contributed by atoms with E-state index in [2.05, 4.69) is 24.4 Å². The molecule has 1 N–H and O–H groups in total. The van der Waals surface area contributed by atoms with Gasteiger partial charge in [-0.15, -0.1) is 0 Å². The van der Waals surface area contributed by atoms with Gasteiger partial charge in [-0.05, 0) is 30.2 Å². The lowest BCUT2D eigenvalue weighted by Crippen LogP contribution is -2.25. The van der Waals surface area contributed by atoms with Crippen LogP contribution in [0.15, 0.2) is 18.2 Å².